The first-order chi connectivity index (χ1) is 10.6. The molecule has 22 heavy (non-hydrogen) atoms. The molecule has 2 rings (SSSR count). The van der Waals surface area contributed by atoms with Crippen LogP contribution in [0.4, 0.5) is 0 Å². The van der Waals surface area contributed by atoms with Crippen molar-refractivity contribution in [2.75, 3.05) is 20.2 Å². The van der Waals surface area contributed by atoms with E-state index in [2.05, 4.69) is 13.0 Å². The van der Waals surface area contributed by atoms with Crippen molar-refractivity contribution in [3.05, 3.63) is 53.5 Å². The summed E-state index contributed by atoms with van der Waals surface area (Å²) in [6, 6.07) is 11.3. The molecule has 118 valence electrons. The summed E-state index contributed by atoms with van der Waals surface area (Å²) in [6.07, 6.45) is 0.969. The Hall–Kier alpha value is -1.94. The van der Waals surface area contributed by atoms with Gasteiger partial charge in [-0.3, -0.25) is 4.79 Å². The number of ether oxygens (including phenoxy) is 1. The predicted molar refractivity (Wildman–Crippen MR) is 86.5 cm³/mol. The zero-order valence-electron chi connectivity index (χ0n) is 12.8. The SMILES string of the molecule is CCc1cccc(OCCN(C)C(=O)c2ccc(CCl)o2)c1. The number of alkyl halides is 1. The van der Waals surface area contributed by atoms with Gasteiger partial charge >= 0.3 is 0 Å². The molecule has 0 bridgehead atoms. The molecule has 0 saturated carbocycles. The number of rotatable bonds is 7. The van der Waals surface area contributed by atoms with Crippen LogP contribution in [0.5, 0.6) is 5.75 Å². The Labute approximate surface area is 135 Å². The van der Waals surface area contributed by atoms with E-state index in [1.54, 1.807) is 24.1 Å². The normalized spacial score (nSPS) is 10.5. The van der Waals surface area contributed by atoms with Crippen molar-refractivity contribution < 1.29 is 13.9 Å². The summed E-state index contributed by atoms with van der Waals surface area (Å²) in [5, 5.41) is 0. The Balaban J connectivity index is 1.84. The number of likely N-dealkylation sites (N-methyl/N-ethyl adjacent to an activating group) is 1. The highest BCUT2D eigenvalue weighted by atomic mass is 35.5. The molecule has 2 aromatic rings. The number of furan rings is 1. The van der Waals surface area contributed by atoms with Gasteiger partial charge in [0.25, 0.3) is 5.91 Å². The van der Waals surface area contributed by atoms with E-state index in [0.29, 0.717) is 24.7 Å². The summed E-state index contributed by atoms with van der Waals surface area (Å²) in [5.74, 6) is 1.79. The predicted octanol–water partition coefficient (Wildman–Crippen LogP) is 3.73. The third-order valence-electron chi connectivity index (χ3n) is 3.35. The van der Waals surface area contributed by atoms with Crippen molar-refractivity contribution in [3.63, 3.8) is 0 Å². The number of halogens is 1. The van der Waals surface area contributed by atoms with Gasteiger partial charge in [0.05, 0.1) is 12.4 Å². The summed E-state index contributed by atoms with van der Waals surface area (Å²) in [7, 11) is 1.72. The van der Waals surface area contributed by atoms with Crippen LogP contribution < -0.4 is 4.74 Å². The largest absolute Gasteiger partial charge is 0.492 e. The Kier molecular flexibility index (Phi) is 5.90. The maximum Gasteiger partial charge on any atom is 0.289 e. The maximum atomic E-state index is 12.2. The highest BCUT2D eigenvalue weighted by Gasteiger charge is 2.15. The zero-order chi connectivity index (χ0) is 15.9. The first-order valence-electron chi connectivity index (χ1n) is 7.26. The number of carbonyl (C=O) groups is 1. The molecular weight excluding hydrogens is 302 g/mol. The average Bonchev–Trinajstić information content (AvgIpc) is 3.03. The molecule has 1 amide bonds. The molecule has 0 unspecified atom stereocenters. The van der Waals surface area contributed by atoms with Crippen molar-refractivity contribution in [1.29, 1.82) is 0 Å². The van der Waals surface area contributed by atoms with E-state index in [9.17, 15) is 4.79 Å². The minimum absolute atomic E-state index is 0.178. The lowest BCUT2D eigenvalue weighted by atomic mass is 10.2. The van der Waals surface area contributed by atoms with Gasteiger partial charge in [-0.2, -0.15) is 0 Å². The van der Waals surface area contributed by atoms with Crippen molar-refractivity contribution in [2.24, 2.45) is 0 Å². The Morgan fingerprint density at radius 1 is 1.32 bits per heavy atom. The second kappa shape index (κ2) is 7.90. The highest BCUT2D eigenvalue weighted by molar-refractivity contribution is 6.16. The molecule has 4 nitrogen and oxygen atoms in total. The molecule has 1 aromatic heterocycles. The topological polar surface area (TPSA) is 42.7 Å². The molecule has 0 spiro atoms. The third-order valence-corrected chi connectivity index (χ3v) is 3.62. The standard InChI is InChI=1S/C17H20ClNO3/c1-3-13-5-4-6-14(11-13)21-10-9-19(2)17(20)16-8-7-15(12-18)22-16/h4-8,11H,3,9-10,12H2,1-2H3. The molecule has 5 heteroatoms. The van der Waals surface area contributed by atoms with E-state index in [1.165, 1.54) is 5.56 Å². The van der Waals surface area contributed by atoms with Crippen LogP contribution in [0.3, 0.4) is 0 Å². The molecule has 0 aliphatic rings. The Bertz CT molecular complexity index is 624. The van der Waals surface area contributed by atoms with Crippen LogP contribution in [0.1, 0.15) is 28.8 Å². The summed E-state index contributed by atoms with van der Waals surface area (Å²) < 4.78 is 11.0. The van der Waals surface area contributed by atoms with E-state index >= 15 is 0 Å². The molecule has 0 radical (unpaired) electrons. The fourth-order valence-electron chi connectivity index (χ4n) is 2.01. The number of benzene rings is 1. The molecule has 0 aliphatic carbocycles. The van der Waals surface area contributed by atoms with E-state index < -0.39 is 0 Å². The Morgan fingerprint density at radius 2 is 2.14 bits per heavy atom. The minimum Gasteiger partial charge on any atom is -0.492 e. The average molecular weight is 322 g/mol. The second-order valence-electron chi connectivity index (χ2n) is 4.98. The van der Waals surface area contributed by atoms with E-state index in [1.807, 2.05) is 18.2 Å². The molecule has 0 N–H and O–H groups in total. The van der Waals surface area contributed by atoms with Crippen molar-refractivity contribution in [2.45, 2.75) is 19.2 Å². The first-order valence-corrected chi connectivity index (χ1v) is 7.79. The molecule has 1 aromatic carbocycles. The lowest BCUT2D eigenvalue weighted by Crippen LogP contribution is -2.30. The van der Waals surface area contributed by atoms with Crippen molar-refractivity contribution in [1.82, 2.24) is 4.90 Å². The molecule has 0 saturated heterocycles. The number of aryl methyl sites for hydroxylation is 1. The van der Waals surface area contributed by atoms with Gasteiger partial charge in [0.1, 0.15) is 18.1 Å². The van der Waals surface area contributed by atoms with Gasteiger partial charge in [-0.1, -0.05) is 19.1 Å². The van der Waals surface area contributed by atoms with Gasteiger partial charge in [0, 0.05) is 7.05 Å². The van der Waals surface area contributed by atoms with Gasteiger partial charge in [-0.15, -0.1) is 11.6 Å². The van der Waals surface area contributed by atoms with Gasteiger partial charge in [-0.25, -0.2) is 0 Å². The van der Waals surface area contributed by atoms with Crippen LogP contribution in [0, 0.1) is 0 Å². The van der Waals surface area contributed by atoms with E-state index in [4.69, 9.17) is 20.8 Å². The first kappa shape index (κ1) is 16.4. The number of hydrogen-bond acceptors (Lipinski definition) is 3. The number of nitrogens with zero attached hydrogens (tertiary/aromatic N) is 1. The van der Waals surface area contributed by atoms with Crippen LogP contribution in [0.15, 0.2) is 40.8 Å². The van der Waals surface area contributed by atoms with E-state index in [-0.39, 0.29) is 11.8 Å². The number of hydrogen-bond donors (Lipinski definition) is 0. The zero-order valence-corrected chi connectivity index (χ0v) is 13.6. The van der Waals surface area contributed by atoms with Crippen LogP contribution in [0.2, 0.25) is 0 Å². The smallest absolute Gasteiger partial charge is 0.289 e. The van der Waals surface area contributed by atoms with Crippen LogP contribution in [-0.4, -0.2) is 31.0 Å². The summed E-state index contributed by atoms with van der Waals surface area (Å²) in [6.45, 7) is 3.01. The lowest BCUT2D eigenvalue weighted by Gasteiger charge is -2.16. The van der Waals surface area contributed by atoms with Crippen molar-refractivity contribution >= 4 is 17.5 Å². The minimum atomic E-state index is -0.178. The molecule has 1 heterocycles. The van der Waals surface area contributed by atoms with Gasteiger partial charge in [-0.05, 0) is 36.2 Å². The molecular formula is C17H20ClNO3. The summed E-state index contributed by atoms with van der Waals surface area (Å²) in [4.78, 5) is 13.7. The summed E-state index contributed by atoms with van der Waals surface area (Å²) in [5.41, 5.74) is 1.23. The molecule has 0 fully saturated rings. The van der Waals surface area contributed by atoms with Crippen LogP contribution in [0.25, 0.3) is 0 Å². The fraction of sp³-hybridized carbons (Fsp3) is 0.353. The maximum absolute atomic E-state index is 12.2. The monoisotopic (exact) mass is 321 g/mol. The Morgan fingerprint density at radius 3 is 2.82 bits per heavy atom. The fourth-order valence-corrected chi connectivity index (χ4v) is 2.15. The van der Waals surface area contributed by atoms with Gasteiger partial charge in [0.2, 0.25) is 0 Å². The van der Waals surface area contributed by atoms with E-state index in [0.717, 1.165) is 12.2 Å². The number of amides is 1. The van der Waals surface area contributed by atoms with Crippen molar-refractivity contribution in [3.8, 4) is 5.75 Å². The van der Waals surface area contributed by atoms with Gasteiger partial charge < -0.3 is 14.1 Å². The highest BCUT2D eigenvalue weighted by Crippen LogP contribution is 2.14. The number of carbonyl (C=O) groups excluding carboxylic acids is 1. The quantitative estimate of drug-likeness (QED) is 0.730. The summed E-state index contributed by atoms with van der Waals surface area (Å²) >= 11 is 5.66. The van der Waals surface area contributed by atoms with Crippen LogP contribution in [-0.2, 0) is 12.3 Å². The molecule has 0 atom stereocenters. The second-order valence-corrected chi connectivity index (χ2v) is 5.24. The third kappa shape index (κ3) is 4.28. The van der Waals surface area contributed by atoms with Crippen LogP contribution >= 0.6 is 11.6 Å². The molecule has 0 aliphatic heterocycles. The lowest BCUT2D eigenvalue weighted by molar-refractivity contribution is 0.0741. The van der Waals surface area contributed by atoms with Gasteiger partial charge in [0.15, 0.2) is 5.76 Å².